The summed E-state index contributed by atoms with van der Waals surface area (Å²) in [5, 5.41) is 21.1. The van der Waals surface area contributed by atoms with Crippen LogP contribution in [0.15, 0.2) is 12.2 Å². The lowest BCUT2D eigenvalue weighted by molar-refractivity contribution is -0.0926. The zero-order valence-corrected chi connectivity index (χ0v) is 11.3. The molecular weight excluding hydrogens is 214 g/mol. The Balaban J connectivity index is 2.28. The second kappa shape index (κ2) is 6.53. The highest BCUT2D eigenvalue weighted by Crippen LogP contribution is 2.54. The summed E-state index contributed by atoms with van der Waals surface area (Å²) in [5.74, 6) is 0. The standard InChI is InChI=1S/C14H27NO2/c1-4-10-15(17)11-6-7-14(8-9-14)13(16)12(3)5-2/h13,16-17H,3-11H2,1-2H3. The molecule has 0 bridgehead atoms. The van der Waals surface area contributed by atoms with Crippen molar-refractivity contribution in [3.8, 4) is 0 Å². The summed E-state index contributed by atoms with van der Waals surface area (Å²) >= 11 is 0. The van der Waals surface area contributed by atoms with Crippen molar-refractivity contribution in [2.45, 2.75) is 58.5 Å². The Morgan fingerprint density at radius 1 is 1.35 bits per heavy atom. The molecule has 1 atom stereocenters. The number of hydrogen-bond donors (Lipinski definition) is 2. The first-order chi connectivity index (χ1) is 8.05. The first kappa shape index (κ1) is 14.7. The molecule has 3 nitrogen and oxygen atoms in total. The lowest BCUT2D eigenvalue weighted by Gasteiger charge is -2.24. The summed E-state index contributed by atoms with van der Waals surface area (Å²) < 4.78 is 0. The van der Waals surface area contributed by atoms with Gasteiger partial charge in [-0.15, -0.1) is 0 Å². The molecule has 1 aliphatic carbocycles. The van der Waals surface area contributed by atoms with E-state index in [0.29, 0.717) is 6.54 Å². The van der Waals surface area contributed by atoms with Crippen LogP contribution in [0.3, 0.4) is 0 Å². The van der Waals surface area contributed by atoms with Crippen molar-refractivity contribution in [2.24, 2.45) is 5.41 Å². The fourth-order valence-corrected chi connectivity index (χ4v) is 2.43. The molecule has 1 rings (SSSR count). The van der Waals surface area contributed by atoms with Crippen molar-refractivity contribution >= 4 is 0 Å². The second-order valence-electron chi connectivity index (χ2n) is 5.33. The lowest BCUT2D eigenvalue weighted by Crippen LogP contribution is -2.26. The second-order valence-corrected chi connectivity index (χ2v) is 5.33. The summed E-state index contributed by atoms with van der Waals surface area (Å²) in [5.41, 5.74) is 1.04. The van der Waals surface area contributed by atoms with Gasteiger partial charge in [-0.1, -0.05) is 20.4 Å². The average Bonchev–Trinajstić information content (AvgIpc) is 3.08. The summed E-state index contributed by atoms with van der Waals surface area (Å²) in [6.07, 6.45) is 5.63. The fourth-order valence-electron chi connectivity index (χ4n) is 2.43. The Labute approximate surface area is 105 Å². The van der Waals surface area contributed by atoms with Crippen molar-refractivity contribution in [1.82, 2.24) is 5.06 Å². The lowest BCUT2D eigenvalue weighted by atomic mass is 9.88. The molecule has 0 aromatic rings. The third-order valence-electron chi connectivity index (χ3n) is 3.89. The monoisotopic (exact) mass is 241 g/mol. The highest BCUT2D eigenvalue weighted by molar-refractivity contribution is 5.13. The van der Waals surface area contributed by atoms with Crippen LogP contribution in [0.1, 0.15) is 52.4 Å². The van der Waals surface area contributed by atoms with E-state index in [9.17, 15) is 10.3 Å². The van der Waals surface area contributed by atoms with Crippen LogP contribution in [0.4, 0.5) is 0 Å². The summed E-state index contributed by atoms with van der Waals surface area (Å²) in [7, 11) is 0. The van der Waals surface area contributed by atoms with E-state index in [1.807, 2.05) is 6.92 Å². The first-order valence-corrected chi connectivity index (χ1v) is 6.85. The van der Waals surface area contributed by atoms with Gasteiger partial charge in [0.15, 0.2) is 0 Å². The smallest absolute Gasteiger partial charge is 0.0803 e. The predicted molar refractivity (Wildman–Crippen MR) is 70.0 cm³/mol. The molecule has 0 aromatic carbocycles. The van der Waals surface area contributed by atoms with Crippen LogP contribution in [-0.2, 0) is 0 Å². The van der Waals surface area contributed by atoms with Gasteiger partial charge in [0.25, 0.3) is 0 Å². The number of rotatable bonds is 9. The average molecular weight is 241 g/mol. The minimum absolute atomic E-state index is 0.0835. The highest BCUT2D eigenvalue weighted by atomic mass is 16.5. The maximum Gasteiger partial charge on any atom is 0.0803 e. The van der Waals surface area contributed by atoms with Gasteiger partial charge in [0.2, 0.25) is 0 Å². The molecule has 17 heavy (non-hydrogen) atoms. The van der Waals surface area contributed by atoms with Crippen molar-refractivity contribution in [3.63, 3.8) is 0 Å². The molecule has 0 aromatic heterocycles. The molecular formula is C14H27NO2. The Bertz CT molecular complexity index is 249. The molecule has 0 aliphatic heterocycles. The topological polar surface area (TPSA) is 43.7 Å². The Morgan fingerprint density at radius 3 is 2.47 bits per heavy atom. The molecule has 100 valence electrons. The van der Waals surface area contributed by atoms with Gasteiger partial charge in [0.1, 0.15) is 0 Å². The minimum Gasteiger partial charge on any atom is -0.388 e. The number of hydroxylamine groups is 2. The molecule has 1 aliphatic rings. The number of aliphatic hydroxyl groups excluding tert-OH is 1. The zero-order chi connectivity index (χ0) is 12.9. The fraction of sp³-hybridized carbons (Fsp3) is 0.857. The molecule has 0 amide bonds. The quantitative estimate of drug-likeness (QED) is 0.482. The SMILES string of the molecule is C=C(CC)C(O)C1(CCCN(O)CCC)CC1. The van der Waals surface area contributed by atoms with Gasteiger partial charge in [0.05, 0.1) is 6.10 Å². The maximum atomic E-state index is 10.2. The summed E-state index contributed by atoms with van der Waals surface area (Å²) in [6.45, 7) is 9.48. The van der Waals surface area contributed by atoms with Crippen LogP contribution in [0.5, 0.6) is 0 Å². The van der Waals surface area contributed by atoms with Crippen molar-refractivity contribution in [1.29, 1.82) is 0 Å². The summed E-state index contributed by atoms with van der Waals surface area (Å²) in [4.78, 5) is 0. The van der Waals surface area contributed by atoms with Crippen LogP contribution in [0.25, 0.3) is 0 Å². The van der Waals surface area contributed by atoms with Gasteiger partial charge in [-0.2, -0.15) is 5.06 Å². The van der Waals surface area contributed by atoms with Crippen LogP contribution in [0.2, 0.25) is 0 Å². The van der Waals surface area contributed by atoms with Crippen LogP contribution >= 0.6 is 0 Å². The van der Waals surface area contributed by atoms with E-state index in [-0.39, 0.29) is 11.5 Å². The van der Waals surface area contributed by atoms with E-state index in [2.05, 4.69) is 13.5 Å². The number of nitrogens with zero attached hydrogens (tertiary/aromatic N) is 1. The van der Waals surface area contributed by atoms with Gasteiger partial charge in [0, 0.05) is 18.5 Å². The van der Waals surface area contributed by atoms with E-state index in [0.717, 1.165) is 50.6 Å². The number of aliphatic hydroxyl groups is 1. The minimum atomic E-state index is -0.342. The van der Waals surface area contributed by atoms with Crippen molar-refractivity contribution in [3.05, 3.63) is 12.2 Å². The Morgan fingerprint density at radius 2 is 2.00 bits per heavy atom. The summed E-state index contributed by atoms with van der Waals surface area (Å²) in [6, 6.07) is 0. The Hall–Kier alpha value is -0.380. The first-order valence-electron chi connectivity index (χ1n) is 6.85. The third-order valence-corrected chi connectivity index (χ3v) is 3.89. The van der Waals surface area contributed by atoms with E-state index in [1.165, 1.54) is 5.06 Å². The van der Waals surface area contributed by atoms with Crippen molar-refractivity contribution in [2.75, 3.05) is 13.1 Å². The predicted octanol–water partition coefficient (Wildman–Crippen LogP) is 2.98. The molecule has 0 heterocycles. The Kier molecular flexibility index (Phi) is 5.63. The third kappa shape index (κ3) is 4.09. The normalized spacial score (nSPS) is 19.4. The molecule has 1 saturated carbocycles. The molecule has 3 heteroatoms. The molecule has 0 radical (unpaired) electrons. The molecule has 0 saturated heterocycles. The maximum absolute atomic E-state index is 10.2. The van der Waals surface area contributed by atoms with Gasteiger partial charge in [-0.05, 0) is 44.1 Å². The van der Waals surface area contributed by atoms with E-state index in [4.69, 9.17) is 0 Å². The van der Waals surface area contributed by atoms with E-state index >= 15 is 0 Å². The van der Waals surface area contributed by atoms with E-state index in [1.54, 1.807) is 0 Å². The van der Waals surface area contributed by atoms with Crippen LogP contribution in [0, 0.1) is 5.41 Å². The zero-order valence-electron chi connectivity index (χ0n) is 11.3. The van der Waals surface area contributed by atoms with Gasteiger partial charge < -0.3 is 10.3 Å². The van der Waals surface area contributed by atoms with Gasteiger partial charge >= 0.3 is 0 Å². The van der Waals surface area contributed by atoms with Gasteiger partial charge in [-0.3, -0.25) is 0 Å². The van der Waals surface area contributed by atoms with Crippen molar-refractivity contribution < 1.29 is 10.3 Å². The van der Waals surface area contributed by atoms with Crippen LogP contribution < -0.4 is 0 Å². The molecule has 2 N–H and O–H groups in total. The molecule has 0 spiro atoms. The van der Waals surface area contributed by atoms with E-state index < -0.39 is 0 Å². The highest BCUT2D eigenvalue weighted by Gasteiger charge is 2.48. The largest absolute Gasteiger partial charge is 0.388 e. The number of hydrogen-bond acceptors (Lipinski definition) is 3. The van der Waals surface area contributed by atoms with Gasteiger partial charge in [-0.25, -0.2) is 0 Å². The van der Waals surface area contributed by atoms with Crippen LogP contribution in [-0.4, -0.2) is 34.6 Å². The molecule has 1 unspecified atom stereocenters. The molecule has 1 fully saturated rings.